The van der Waals surface area contributed by atoms with Crippen LogP contribution in [0.3, 0.4) is 0 Å². The Kier molecular flexibility index (Phi) is 5.92. The Morgan fingerprint density at radius 3 is 2.52 bits per heavy atom. The number of benzene rings is 2. The molecule has 29 heavy (non-hydrogen) atoms. The number of carboxylic acids is 1. The number of amidine groups is 1. The molecule has 10 heteroatoms. The van der Waals surface area contributed by atoms with Crippen LogP contribution in [0.4, 0.5) is 24.5 Å². The van der Waals surface area contributed by atoms with E-state index in [1.54, 1.807) is 12.1 Å². The van der Waals surface area contributed by atoms with Crippen LogP contribution in [0, 0.1) is 0 Å². The summed E-state index contributed by atoms with van der Waals surface area (Å²) in [5.74, 6) is -0.162. The van der Waals surface area contributed by atoms with Gasteiger partial charge in [-0.2, -0.15) is 13.2 Å². The van der Waals surface area contributed by atoms with Gasteiger partial charge in [-0.1, -0.05) is 17.8 Å². The number of nitrogens with zero attached hydrogens (tertiary/aromatic N) is 1. The van der Waals surface area contributed by atoms with Crippen LogP contribution < -0.4 is 14.8 Å². The molecule has 0 amide bonds. The van der Waals surface area contributed by atoms with E-state index in [-0.39, 0.29) is 17.3 Å². The molecule has 0 fully saturated rings. The fourth-order valence-corrected chi connectivity index (χ4v) is 3.98. The number of halogens is 3. The van der Waals surface area contributed by atoms with E-state index in [0.29, 0.717) is 22.7 Å². The standard InChI is InChI=1S/C19H17F3N2O4S/c1-27-14-7-12-13(8-15(14)28-2)24-18(29-16(12)9-17(25)26)23-11-5-3-4-10(6-11)19(20,21)22/h3-8,16H,9H2,1-2H3,(H,23,24)(H,25,26). The van der Waals surface area contributed by atoms with Gasteiger partial charge < -0.3 is 19.9 Å². The summed E-state index contributed by atoms with van der Waals surface area (Å²) in [6, 6.07) is 7.99. The van der Waals surface area contributed by atoms with Gasteiger partial charge in [-0.05, 0) is 29.8 Å². The number of anilines is 1. The van der Waals surface area contributed by atoms with E-state index in [4.69, 9.17) is 9.47 Å². The van der Waals surface area contributed by atoms with E-state index in [0.717, 1.165) is 23.9 Å². The minimum Gasteiger partial charge on any atom is -0.493 e. The largest absolute Gasteiger partial charge is 0.493 e. The van der Waals surface area contributed by atoms with E-state index in [2.05, 4.69) is 10.3 Å². The Morgan fingerprint density at radius 1 is 1.21 bits per heavy atom. The molecule has 1 aliphatic heterocycles. The lowest BCUT2D eigenvalue weighted by Crippen LogP contribution is -2.16. The first-order chi connectivity index (χ1) is 13.7. The number of hydrogen-bond acceptors (Lipinski definition) is 6. The molecule has 154 valence electrons. The van der Waals surface area contributed by atoms with E-state index in [1.165, 1.54) is 26.4 Å². The van der Waals surface area contributed by atoms with Crippen LogP contribution >= 0.6 is 11.8 Å². The molecule has 0 spiro atoms. The molecule has 0 radical (unpaired) electrons. The first-order valence-corrected chi connectivity index (χ1v) is 9.26. The molecule has 2 aromatic carbocycles. The second-order valence-electron chi connectivity index (χ2n) is 6.09. The number of alkyl halides is 3. The number of thioether (sulfide) groups is 1. The van der Waals surface area contributed by atoms with Gasteiger partial charge in [0.2, 0.25) is 0 Å². The molecule has 6 nitrogen and oxygen atoms in total. The van der Waals surface area contributed by atoms with Gasteiger partial charge in [0.05, 0.1) is 37.1 Å². The minimum absolute atomic E-state index is 0.198. The lowest BCUT2D eigenvalue weighted by atomic mass is 10.1. The molecule has 1 unspecified atom stereocenters. The van der Waals surface area contributed by atoms with E-state index in [1.807, 2.05) is 0 Å². The van der Waals surface area contributed by atoms with E-state index < -0.39 is 23.0 Å². The Balaban J connectivity index is 1.98. The number of aliphatic imine (C=N–C) groups is 1. The molecule has 0 saturated heterocycles. The van der Waals surface area contributed by atoms with Crippen LogP contribution in [0.15, 0.2) is 41.4 Å². The predicted octanol–water partition coefficient (Wildman–Crippen LogP) is 5.08. The number of fused-ring (bicyclic) bond motifs is 1. The second-order valence-corrected chi connectivity index (χ2v) is 7.28. The monoisotopic (exact) mass is 426 g/mol. The summed E-state index contributed by atoms with van der Waals surface area (Å²) in [7, 11) is 2.93. The maximum absolute atomic E-state index is 12.9. The zero-order valence-electron chi connectivity index (χ0n) is 15.4. The highest BCUT2D eigenvalue weighted by Gasteiger charge is 2.31. The lowest BCUT2D eigenvalue weighted by molar-refractivity contribution is -0.138. The molecule has 0 saturated carbocycles. The summed E-state index contributed by atoms with van der Waals surface area (Å²) in [4.78, 5) is 15.8. The summed E-state index contributed by atoms with van der Waals surface area (Å²) in [5, 5.41) is 11.9. The van der Waals surface area contributed by atoms with Gasteiger partial charge in [0.15, 0.2) is 16.7 Å². The highest BCUT2D eigenvalue weighted by atomic mass is 32.2. The highest BCUT2D eigenvalue weighted by molar-refractivity contribution is 8.14. The number of nitrogens with one attached hydrogen (secondary N) is 1. The highest BCUT2D eigenvalue weighted by Crippen LogP contribution is 2.47. The lowest BCUT2D eigenvalue weighted by Gasteiger charge is -2.25. The zero-order chi connectivity index (χ0) is 21.2. The fourth-order valence-electron chi connectivity index (χ4n) is 2.84. The molecule has 2 aromatic rings. The number of rotatable bonds is 5. The topological polar surface area (TPSA) is 80.2 Å². The van der Waals surface area contributed by atoms with Gasteiger partial charge in [-0.15, -0.1) is 0 Å². The summed E-state index contributed by atoms with van der Waals surface area (Å²) in [6.07, 6.45) is -4.67. The Hall–Kier alpha value is -2.88. The zero-order valence-corrected chi connectivity index (χ0v) is 16.2. The Morgan fingerprint density at radius 2 is 1.90 bits per heavy atom. The van der Waals surface area contributed by atoms with Gasteiger partial charge in [0.1, 0.15) is 0 Å². The molecular formula is C19H17F3N2O4S. The van der Waals surface area contributed by atoms with Crippen molar-refractivity contribution >= 4 is 34.3 Å². The van der Waals surface area contributed by atoms with Crippen LogP contribution in [0.1, 0.15) is 22.8 Å². The third-order valence-corrected chi connectivity index (χ3v) is 5.28. The van der Waals surface area contributed by atoms with Crippen molar-refractivity contribution in [1.82, 2.24) is 0 Å². The molecule has 1 heterocycles. The van der Waals surface area contributed by atoms with Crippen molar-refractivity contribution in [3.63, 3.8) is 0 Å². The number of hydrogen-bond donors (Lipinski definition) is 2. The maximum atomic E-state index is 12.9. The normalized spacial score (nSPS) is 15.9. The number of carbonyl (C=O) groups is 1. The van der Waals surface area contributed by atoms with E-state index >= 15 is 0 Å². The quantitative estimate of drug-likeness (QED) is 0.694. The van der Waals surface area contributed by atoms with Gasteiger partial charge in [0.25, 0.3) is 0 Å². The molecular weight excluding hydrogens is 409 g/mol. The molecule has 1 atom stereocenters. The average molecular weight is 426 g/mol. The molecule has 0 bridgehead atoms. The average Bonchev–Trinajstić information content (AvgIpc) is 2.66. The molecule has 0 aliphatic carbocycles. The van der Waals surface area contributed by atoms with Gasteiger partial charge in [-0.3, -0.25) is 4.79 Å². The summed E-state index contributed by atoms with van der Waals surface area (Å²) >= 11 is 1.12. The smallest absolute Gasteiger partial charge is 0.416 e. The van der Waals surface area contributed by atoms with Gasteiger partial charge in [-0.25, -0.2) is 4.99 Å². The molecule has 3 rings (SSSR count). The van der Waals surface area contributed by atoms with Crippen LogP contribution in [0.5, 0.6) is 11.5 Å². The van der Waals surface area contributed by atoms with E-state index in [9.17, 15) is 23.1 Å². The Labute approximate surface area is 168 Å². The third kappa shape index (κ3) is 4.76. The van der Waals surface area contributed by atoms with Crippen molar-refractivity contribution in [3.8, 4) is 11.5 Å². The predicted molar refractivity (Wildman–Crippen MR) is 104 cm³/mol. The summed E-state index contributed by atoms with van der Waals surface area (Å²) in [5.41, 5.74) is 0.508. The number of methoxy groups -OCH3 is 2. The van der Waals surface area contributed by atoms with Crippen LogP contribution in [-0.4, -0.2) is 30.5 Å². The van der Waals surface area contributed by atoms with Crippen molar-refractivity contribution in [2.45, 2.75) is 17.8 Å². The maximum Gasteiger partial charge on any atom is 0.416 e. The number of carboxylic acid groups (broad SMARTS) is 1. The molecule has 1 aliphatic rings. The Bertz CT molecular complexity index is 963. The first-order valence-electron chi connectivity index (χ1n) is 8.38. The van der Waals surface area contributed by atoms with Crippen molar-refractivity contribution < 1.29 is 32.5 Å². The first kappa shape index (κ1) is 20.8. The van der Waals surface area contributed by atoms with Crippen molar-refractivity contribution in [3.05, 3.63) is 47.5 Å². The number of ether oxygens (including phenoxy) is 2. The molecule has 2 N–H and O–H groups in total. The van der Waals surface area contributed by atoms with Crippen LogP contribution in [0.25, 0.3) is 0 Å². The summed E-state index contributed by atoms with van der Waals surface area (Å²) < 4.78 is 49.4. The van der Waals surface area contributed by atoms with Crippen molar-refractivity contribution in [1.29, 1.82) is 0 Å². The second kappa shape index (κ2) is 8.24. The summed E-state index contributed by atoms with van der Waals surface area (Å²) in [6.45, 7) is 0. The van der Waals surface area contributed by atoms with Crippen LogP contribution in [-0.2, 0) is 11.0 Å². The van der Waals surface area contributed by atoms with Gasteiger partial charge >= 0.3 is 12.1 Å². The number of aliphatic carboxylic acids is 1. The van der Waals surface area contributed by atoms with Crippen molar-refractivity contribution in [2.75, 3.05) is 19.5 Å². The van der Waals surface area contributed by atoms with Crippen molar-refractivity contribution in [2.24, 2.45) is 4.99 Å². The van der Waals surface area contributed by atoms with Gasteiger partial charge in [0, 0.05) is 11.8 Å². The fraction of sp³-hybridized carbons (Fsp3) is 0.263. The minimum atomic E-state index is -4.47. The SMILES string of the molecule is COc1cc2c(cc1OC)C(CC(=O)O)SC(Nc1cccc(C(F)(F)F)c1)=N2. The van der Waals surface area contributed by atoms with Crippen LogP contribution in [0.2, 0.25) is 0 Å². The molecule has 0 aromatic heterocycles. The third-order valence-electron chi connectivity index (χ3n) is 4.16.